The number of amides is 2. The molecule has 1 atom stereocenters. The van der Waals surface area contributed by atoms with Crippen molar-refractivity contribution in [2.24, 2.45) is 0 Å². The van der Waals surface area contributed by atoms with E-state index in [1.54, 1.807) is 0 Å². The van der Waals surface area contributed by atoms with E-state index >= 15 is 0 Å². The Balaban J connectivity index is 1.64. The second-order valence-corrected chi connectivity index (χ2v) is 6.99. The quantitative estimate of drug-likeness (QED) is 0.466. The molecule has 158 valence electrons. The predicted molar refractivity (Wildman–Crippen MR) is 109 cm³/mol. The predicted octanol–water partition coefficient (Wildman–Crippen LogP) is 1.87. The van der Waals surface area contributed by atoms with E-state index < -0.39 is 30.4 Å². The Morgan fingerprint density at radius 2 is 1.60 bits per heavy atom. The molecule has 2 aromatic carbocycles. The van der Waals surface area contributed by atoms with E-state index in [0.717, 1.165) is 22.3 Å². The number of carbonyl (C=O) groups is 3. The van der Waals surface area contributed by atoms with Crippen molar-refractivity contribution in [2.45, 2.75) is 24.8 Å². The highest BCUT2D eigenvalue weighted by molar-refractivity contribution is 5.89. The lowest BCUT2D eigenvalue weighted by Crippen LogP contribution is -2.48. The van der Waals surface area contributed by atoms with Gasteiger partial charge in [-0.3, -0.25) is 9.59 Å². The van der Waals surface area contributed by atoms with Gasteiger partial charge in [0.15, 0.2) is 0 Å². The Morgan fingerprint density at radius 1 is 1.00 bits per heavy atom. The summed E-state index contributed by atoms with van der Waals surface area (Å²) in [6.07, 6.45) is -1.11. The minimum Gasteiger partial charge on any atom is -0.481 e. The first-order valence-electron chi connectivity index (χ1n) is 9.73. The number of hydrogen-bond acceptors (Lipinski definition) is 5. The van der Waals surface area contributed by atoms with Gasteiger partial charge in [-0.05, 0) is 28.7 Å². The topological polar surface area (TPSA) is 125 Å². The molecule has 4 N–H and O–H groups in total. The maximum atomic E-state index is 12.3. The van der Waals surface area contributed by atoms with Gasteiger partial charge in [0.05, 0.1) is 6.42 Å². The Morgan fingerprint density at radius 3 is 2.17 bits per heavy atom. The van der Waals surface area contributed by atoms with E-state index in [4.69, 9.17) is 14.9 Å². The van der Waals surface area contributed by atoms with Crippen molar-refractivity contribution >= 4 is 18.0 Å². The Labute approximate surface area is 173 Å². The number of fused-ring (bicyclic) bond motifs is 3. The van der Waals surface area contributed by atoms with Crippen LogP contribution in [0.4, 0.5) is 4.79 Å². The van der Waals surface area contributed by atoms with Crippen LogP contribution in [0.15, 0.2) is 48.5 Å². The fourth-order valence-electron chi connectivity index (χ4n) is 3.58. The number of carboxylic acids is 1. The van der Waals surface area contributed by atoms with E-state index in [0.29, 0.717) is 6.42 Å². The molecule has 2 aromatic rings. The maximum Gasteiger partial charge on any atom is 0.407 e. The van der Waals surface area contributed by atoms with E-state index in [-0.39, 0.29) is 25.7 Å². The van der Waals surface area contributed by atoms with Crippen molar-refractivity contribution in [2.75, 3.05) is 19.8 Å². The highest BCUT2D eigenvalue weighted by Gasteiger charge is 2.30. The van der Waals surface area contributed by atoms with Gasteiger partial charge in [0.1, 0.15) is 12.6 Å². The molecule has 0 heterocycles. The van der Waals surface area contributed by atoms with E-state index in [9.17, 15) is 14.4 Å². The normalized spacial score (nSPS) is 13.1. The molecule has 0 aromatic heterocycles. The van der Waals surface area contributed by atoms with Crippen LogP contribution in [0.2, 0.25) is 0 Å². The van der Waals surface area contributed by atoms with Crippen LogP contribution in [-0.4, -0.2) is 54.0 Å². The van der Waals surface area contributed by atoms with Gasteiger partial charge in [-0.2, -0.15) is 0 Å². The molecule has 0 fully saturated rings. The molecule has 2 amide bonds. The molecule has 1 aliphatic rings. The molecule has 30 heavy (non-hydrogen) atoms. The van der Waals surface area contributed by atoms with E-state index in [2.05, 4.69) is 10.6 Å². The second-order valence-electron chi connectivity index (χ2n) is 6.99. The number of carbonyl (C=O) groups excluding carboxylic acids is 2. The molecule has 1 unspecified atom stereocenters. The van der Waals surface area contributed by atoms with E-state index in [1.807, 2.05) is 48.5 Å². The van der Waals surface area contributed by atoms with Crippen molar-refractivity contribution in [3.8, 4) is 11.1 Å². The van der Waals surface area contributed by atoms with Crippen LogP contribution in [0.3, 0.4) is 0 Å². The van der Waals surface area contributed by atoms with Crippen molar-refractivity contribution in [1.29, 1.82) is 0 Å². The molecule has 0 aliphatic heterocycles. The summed E-state index contributed by atoms with van der Waals surface area (Å²) in [5.41, 5.74) is 4.29. The summed E-state index contributed by atoms with van der Waals surface area (Å²) in [6, 6.07) is 14.5. The zero-order chi connectivity index (χ0) is 21.5. The number of aliphatic hydroxyl groups excluding tert-OH is 1. The minimum atomic E-state index is -1.27. The lowest BCUT2D eigenvalue weighted by Gasteiger charge is -2.18. The summed E-state index contributed by atoms with van der Waals surface area (Å²) >= 11 is 0. The van der Waals surface area contributed by atoms with Gasteiger partial charge in [0.25, 0.3) is 0 Å². The van der Waals surface area contributed by atoms with Gasteiger partial charge < -0.3 is 25.6 Å². The Kier molecular flexibility index (Phi) is 7.03. The summed E-state index contributed by atoms with van der Waals surface area (Å²) in [7, 11) is 0. The first-order chi connectivity index (χ1) is 14.5. The zero-order valence-electron chi connectivity index (χ0n) is 16.3. The van der Waals surface area contributed by atoms with Gasteiger partial charge in [-0.1, -0.05) is 48.5 Å². The number of nitrogens with one attached hydrogen (secondary N) is 2. The summed E-state index contributed by atoms with van der Waals surface area (Å²) in [5, 5.41) is 22.6. The van der Waals surface area contributed by atoms with Gasteiger partial charge in [0.2, 0.25) is 5.91 Å². The number of aliphatic carboxylic acids is 1. The summed E-state index contributed by atoms with van der Waals surface area (Å²) < 4.78 is 5.36. The fraction of sp³-hybridized carbons (Fsp3) is 0.318. The lowest BCUT2D eigenvalue weighted by molar-refractivity contribution is -0.139. The number of hydrogen-bond donors (Lipinski definition) is 4. The number of benzene rings is 2. The van der Waals surface area contributed by atoms with Crippen LogP contribution in [0, 0.1) is 0 Å². The highest BCUT2D eigenvalue weighted by Crippen LogP contribution is 2.44. The second kappa shape index (κ2) is 9.89. The molecule has 8 heteroatoms. The molecular weight excluding hydrogens is 388 g/mol. The molecule has 3 rings (SSSR count). The standard InChI is InChI=1S/C22H24N2O6/c25-11-5-10-23-21(28)19(12-20(26)27)24-22(29)30-13-18-16-8-3-1-6-14(16)15-7-2-4-9-17(15)18/h1-4,6-9,18-19,25H,5,10-13H2,(H,23,28)(H,24,29)(H,26,27). The lowest BCUT2D eigenvalue weighted by atomic mass is 9.98. The van der Waals surface area contributed by atoms with Crippen LogP contribution < -0.4 is 10.6 Å². The minimum absolute atomic E-state index is 0.0613. The smallest absolute Gasteiger partial charge is 0.407 e. The summed E-state index contributed by atoms with van der Waals surface area (Å²) in [6.45, 7) is 0.132. The van der Waals surface area contributed by atoms with Gasteiger partial charge in [-0.25, -0.2) is 4.79 Å². The highest BCUT2D eigenvalue weighted by atomic mass is 16.5. The van der Waals surface area contributed by atoms with Gasteiger partial charge in [0, 0.05) is 19.1 Å². The van der Waals surface area contributed by atoms with Gasteiger partial charge >= 0.3 is 12.1 Å². The van der Waals surface area contributed by atoms with Crippen LogP contribution in [0.25, 0.3) is 11.1 Å². The third kappa shape index (κ3) is 4.96. The SMILES string of the molecule is O=C(O)CC(NC(=O)OCC1c2ccccc2-c2ccccc21)C(=O)NCCCO. The Hall–Kier alpha value is -3.39. The molecule has 0 spiro atoms. The largest absolute Gasteiger partial charge is 0.481 e. The molecule has 0 bridgehead atoms. The molecular formula is C22H24N2O6. The monoisotopic (exact) mass is 412 g/mol. The number of carboxylic acid groups (broad SMARTS) is 1. The van der Waals surface area contributed by atoms with Crippen LogP contribution in [-0.2, 0) is 14.3 Å². The molecule has 0 saturated heterocycles. The van der Waals surface area contributed by atoms with Crippen molar-refractivity contribution in [1.82, 2.24) is 10.6 Å². The number of alkyl carbamates (subject to hydrolysis) is 1. The maximum absolute atomic E-state index is 12.3. The number of aliphatic hydroxyl groups is 1. The molecule has 1 aliphatic carbocycles. The first-order valence-corrected chi connectivity index (χ1v) is 9.73. The molecule has 0 radical (unpaired) electrons. The average molecular weight is 412 g/mol. The summed E-state index contributed by atoms with van der Waals surface area (Å²) in [4.78, 5) is 35.5. The number of rotatable bonds is 9. The van der Waals surface area contributed by atoms with Crippen molar-refractivity contribution in [3.63, 3.8) is 0 Å². The molecule has 0 saturated carbocycles. The van der Waals surface area contributed by atoms with E-state index in [1.165, 1.54) is 0 Å². The van der Waals surface area contributed by atoms with Crippen LogP contribution in [0.1, 0.15) is 29.9 Å². The third-order valence-electron chi connectivity index (χ3n) is 4.97. The molecule has 8 nitrogen and oxygen atoms in total. The first kappa shape index (κ1) is 21.3. The van der Waals surface area contributed by atoms with Crippen molar-refractivity contribution < 1.29 is 29.3 Å². The van der Waals surface area contributed by atoms with Gasteiger partial charge in [-0.15, -0.1) is 0 Å². The third-order valence-corrected chi connectivity index (χ3v) is 4.97. The van der Waals surface area contributed by atoms with Crippen LogP contribution in [0.5, 0.6) is 0 Å². The summed E-state index contributed by atoms with van der Waals surface area (Å²) in [5.74, 6) is -2.00. The van der Waals surface area contributed by atoms with Crippen molar-refractivity contribution in [3.05, 3.63) is 59.7 Å². The van der Waals surface area contributed by atoms with Crippen LogP contribution >= 0.6 is 0 Å². The number of ether oxygens (including phenoxy) is 1. The zero-order valence-corrected chi connectivity index (χ0v) is 16.3. The fourth-order valence-corrected chi connectivity index (χ4v) is 3.58. The average Bonchev–Trinajstić information content (AvgIpc) is 3.05. The Bertz CT molecular complexity index is 884.